The molecule has 0 saturated carbocycles. The molecule has 6 nitrogen and oxygen atoms in total. The van der Waals surface area contributed by atoms with Gasteiger partial charge < -0.3 is 36.9 Å². The predicted octanol–water partition coefficient (Wildman–Crippen LogP) is -1.62. The Morgan fingerprint density at radius 2 is 0.300 bits per heavy atom. The van der Waals surface area contributed by atoms with Gasteiger partial charge in [-0.15, -0.1) is 0 Å². The first-order chi connectivity index (χ1) is 0. The fourth-order valence-corrected chi connectivity index (χ4v) is 0. The summed E-state index contributed by atoms with van der Waals surface area (Å²) in [6.07, 6.45) is 0. The first kappa shape index (κ1) is 134. The molecule has 0 amide bonds. The van der Waals surface area contributed by atoms with Crippen LogP contribution in [0.15, 0.2) is 0 Å². The molecule has 0 fully saturated rings. The van der Waals surface area contributed by atoms with Crippen molar-refractivity contribution in [1.82, 2.24) is 36.9 Å². The van der Waals surface area contributed by atoms with Gasteiger partial charge >= 0.3 is 140 Å². The fraction of sp³-hybridized carbons (Fsp3) is 0. The van der Waals surface area contributed by atoms with Gasteiger partial charge in [-0.2, -0.15) is 0 Å². The third kappa shape index (κ3) is 83.3. The molecule has 0 bridgehead atoms. The van der Waals surface area contributed by atoms with Crippen LogP contribution in [-0.4, -0.2) is 140 Å². The standard InChI is InChI=1S/K.6H3N.3Na.4H/h;6*1H3;;;;;;;. The van der Waals surface area contributed by atoms with Crippen molar-refractivity contribution in [2.45, 2.75) is 0 Å². The first-order valence-corrected chi connectivity index (χ1v) is 0. The van der Waals surface area contributed by atoms with E-state index in [2.05, 4.69) is 0 Å². The fourth-order valence-electron chi connectivity index (χ4n) is 0. The van der Waals surface area contributed by atoms with Gasteiger partial charge in [-0.1, -0.05) is 0 Å². The van der Waals surface area contributed by atoms with Crippen molar-refractivity contribution in [3.63, 3.8) is 0 Å². The molecule has 0 atom stereocenters. The van der Waals surface area contributed by atoms with Crippen molar-refractivity contribution < 1.29 is 0 Å². The summed E-state index contributed by atoms with van der Waals surface area (Å²) in [5, 5.41) is 0. The maximum atomic E-state index is 0. The molecule has 0 aliphatic rings. The van der Waals surface area contributed by atoms with E-state index in [-0.39, 0.29) is 177 Å². The molecule has 0 heterocycles. The number of hydrogen-bond donors (Lipinski definition) is 6. The van der Waals surface area contributed by atoms with Crippen LogP contribution in [0.4, 0.5) is 0 Å². The molecule has 0 aromatic carbocycles. The normalized spacial score (nSPS) is 0. The van der Waals surface area contributed by atoms with Crippen LogP contribution in [0.1, 0.15) is 0 Å². The summed E-state index contributed by atoms with van der Waals surface area (Å²) < 4.78 is 0. The summed E-state index contributed by atoms with van der Waals surface area (Å²) in [4.78, 5) is 0. The van der Waals surface area contributed by atoms with E-state index in [1.807, 2.05) is 0 Å². The Labute approximate surface area is 172 Å². The Balaban J connectivity index is 0. The van der Waals surface area contributed by atoms with Gasteiger partial charge in [-0.25, -0.2) is 0 Å². The van der Waals surface area contributed by atoms with E-state index in [1.54, 1.807) is 0 Å². The summed E-state index contributed by atoms with van der Waals surface area (Å²) in [6.45, 7) is 0. The first-order valence-electron chi connectivity index (χ1n) is 0. The molecular formula is H22KN6Na3. The topological polar surface area (TPSA) is 210 Å². The molecule has 0 aliphatic carbocycles. The molecule has 0 aromatic rings. The Kier molecular flexibility index (Phi) is 1420. The third-order valence-electron chi connectivity index (χ3n) is 0. The van der Waals surface area contributed by atoms with Crippen LogP contribution in [0.5, 0.6) is 0 Å². The molecular weight excluding hydrogens is 192 g/mol. The molecule has 0 rings (SSSR count). The van der Waals surface area contributed by atoms with Gasteiger partial charge in [0.2, 0.25) is 0 Å². The quantitative estimate of drug-likeness (QED) is 0.260. The number of hydrogen-bond acceptors (Lipinski definition) is 6. The molecule has 18 N–H and O–H groups in total. The average molecular weight is 214 g/mol. The van der Waals surface area contributed by atoms with E-state index >= 15 is 0 Å². The summed E-state index contributed by atoms with van der Waals surface area (Å²) in [5.41, 5.74) is 0. The van der Waals surface area contributed by atoms with Crippen molar-refractivity contribution in [2.24, 2.45) is 0 Å². The zero-order valence-corrected chi connectivity index (χ0v) is 4.24. The summed E-state index contributed by atoms with van der Waals surface area (Å²) in [7, 11) is 0. The van der Waals surface area contributed by atoms with Gasteiger partial charge in [0.15, 0.2) is 0 Å². The Morgan fingerprint density at radius 1 is 0.300 bits per heavy atom. The Bertz CT molecular complexity index is 13.0. The second-order valence-electron chi connectivity index (χ2n) is 0. The van der Waals surface area contributed by atoms with Gasteiger partial charge in [0, 0.05) is 0 Å². The van der Waals surface area contributed by atoms with E-state index in [4.69, 9.17) is 0 Å². The molecule has 0 spiro atoms. The predicted molar refractivity (Wildman–Crippen MR) is 58.7 cm³/mol. The molecule has 10 heavy (non-hydrogen) atoms. The van der Waals surface area contributed by atoms with Crippen LogP contribution in [0.2, 0.25) is 0 Å². The minimum absolute atomic E-state index is 0. The average Bonchev–Trinajstić information content (AvgIpc) is 0. The van der Waals surface area contributed by atoms with E-state index in [0.717, 1.165) is 0 Å². The van der Waals surface area contributed by atoms with Crippen molar-refractivity contribution in [3.8, 4) is 0 Å². The van der Waals surface area contributed by atoms with Crippen LogP contribution in [-0.2, 0) is 0 Å². The second kappa shape index (κ2) is 107. The Morgan fingerprint density at radius 3 is 0.300 bits per heavy atom. The summed E-state index contributed by atoms with van der Waals surface area (Å²) >= 11 is 0. The SMILES string of the molecule is N.N.N.N.N.N.[KH].[NaH].[NaH].[NaH]. The van der Waals surface area contributed by atoms with Gasteiger partial charge in [0.05, 0.1) is 0 Å². The zero-order chi connectivity index (χ0) is 0. The maximum absolute atomic E-state index is 0. The molecule has 0 unspecified atom stereocenters. The third-order valence-corrected chi connectivity index (χ3v) is 0. The van der Waals surface area contributed by atoms with E-state index in [9.17, 15) is 0 Å². The number of rotatable bonds is 0. The minimum atomic E-state index is 0. The molecule has 0 aliphatic heterocycles. The summed E-state index contributed by atoms with van der Waals surface area (Å²) in [6, 6.07) is 0. The van der Waals surface area contributed by atoms with Crippen LogP contribution in [0.3, 0.4) is 0 Å². The van der Waals surface area contributed by atoms with Crippen LogP contribution < -0.4 is 36.9 Å². The second-order valence-corrected chi connectivity index (χ2v) is 0. The van der Waals surface area contributed by atoms with E-state index < -0.39 is 0 Å². The van der Waals surface area contributed by atoms with Crippen LogP contribution >= 0.6 is 0 Å². The van der Waals surface area contributed by atoms with Gasteiger partial charge in [-0.05, 0) is 0 Å². The monoisotopic (exact) mass is 214 g/mol. The molecule has 10 heteroatoms. The van der Waals surface area contributed by atoms with Crippen LogP contribution in [0.25, 0.3) is 0 Å². The zero-order valence-electron chi connectivity index (χ0n) is 4.24. The van der Waals surface area contributed by atoms with Crippen molar-refractivity contribution in [2.75, 3.05) is 0 Å². The Hall–Kier alpha value is 4.40. The van der Waals surface area contributed by atoms with Crippen molar-refractivity contribution >= 4 is 140 Å². The summed E-state index contributed by atoms with van der Waals surface area (Å²) in [5.74, 6) is 0. The van der Waals surface area contributed by atoms with Gasteiger partial charge in [0.25, 0.3) is 0 Å². The van der Waals surface area contributed by atoms with Crippen LogP contribution in [0, 0.1) is 0 Å². The van der Waals surface area contributed by atoms with Gasteiger partial charge in [0.1, 0.15) is 0 Å². The van der Waals surface area contributed by atoms with Gasteiger partial charge in [-0.3, -0.25) is 0 Å². The molecule has 56 valence electrons. The molecule has 0 saturated heterocycles. The van der Waals surface area contributed by atoms with Crippen molar-refractivity contribution in [3.05, 3.63) is 0 Å². The van der Waals surface area contributed by atoms with E-state index in [0.29, 0.717) is 0 Å². The molecule has 0 radical (unpaired) electrons. The molecule has 0 aromatic heterocycles. The van der Waals surface area contributed by atoms with Crippen molar-refractivity contribution in [1.29, 1.82) is 0 Å². The van der Waals surface area contributed by atoms with E-state index in [1.165, 1.54) is 0 Å².